The highest BCUT2D eigenvalue weighted by atomic mass is 31.2. The Balaban J connectivity index is 1.09. The first kappa shape index (κ1) is 27.3. The van der Waals surface area contributed by atoms with Crippen molar-refractivity contribution in [3.05, 3.63) is 78.4 Å². The normalized spacial score (nSPS) is 15.8. The molecule has 0 fully saturated rings. The maximum absolute atomic E-state index is 12.2. The van der Waals surface area contributed by atoms with Gasteiger partial charge in [0.15, 0.2) is 0 Å². The van der Waals surface area contributed by atoms with Gasteiger partial charge < -0.3 is 33.5 Å². The summed E-state index contributed by atoms with van der Waals surface area (Å²) in [4.78, 5) is 39.8. The molecule has 37 heavy (non-hydrogen) atoms. The van der Waals surface area contributed by atoms with E-state index < -0.39 is 27.1 Å². The number of aromatic nitrogens is 2. The summed E-state index contributed by atoms with van der Waals surface area (Å²) in [5.41, 5.74) is 4.65. The van der Waals surface area contributed by atoms with Crippen molar-refractivity contribution in [3.63, 3.8) is 0 Å². The molecule has 2 atom stereocenters. The predicted molar refractivity (Wildman–Crippen MR) is 135 cm³/mol. The summed E-state index contributed by atoms with van der Waals surface area (Å²) in [7, 11) is -8.93. The first-order valence-electron chi connectivity index (χ1n) is 12.1. The van der Waals surface area contributed by atoms with Gasteiger partial charge in [-0.25, -0.2) is 9.78 Å². The van der Waals surface area contributed by atoms with Gasteiger partial charge in [-0.2, -0.15) is 0 Å². The number of unbranched alkanes of at least 4 members (excludes halogenated alkanes) is 3. The Hall–Kier alpha value is -2.74. The molecule has 10 nitrogen and oxygen atoms in total. The number of imidazole rings is 1. The van der Waals surface area contributed by atoms with E-state index in [-0.39, 0.29) is 19.1 Å². The van der Waals surface area contributed by atoms with Gasteiger partial charge in [-0.15, -0.1) is 0 Å². The van der Waals surface area contributed by atoms with E-state index in [2.05, 4.69) is 34.6 Å². The lowest BCUT2D eigenvalue weighted by Gasteiger charge is -2.32. The minimum absolute atomic E-state index is 0.00519. The fourth-order valence-electron chi connectivity index (χ4n) is 4.39. The van der Waals surface area contributed by atoms with Crippen LogP contribution in [-0.4, -0.2) is 41.1 Å². The summed E-state index contributed by atoms with van der Waals surface area (Å²) in [5.74, 6) is -1.09. The monoisotopic (exact) mass is 545 g/mol. The molecule has 3 aromatic rings. The van der Waals surface area contributed by atoms with Crippen molar-refractivity contribution < 1.29 is 33.0 Å². The van der Waals surface area contributed by atoms with E-state index in [1.54, 1.807) is 0 Å². The fraction of sp³-hybridized carbons (Fsp3) is 0.360. The van der Waals surface area contributed by atoms with Gasteiger partial charge >= 0.3 is 6.09 Å². The second kappa shape index (κ2) is 12.2. The van der Waals surface area contributed by atoms with Crippen molar-refractivity contribution in [2.75, 3.05) is 25.7 Å². The average molecular weight is 545 g/mol. The molecule has 0 aliphatic heterocycles. The van der Waals surface area contributed by atoms with E-state index in [0.717, 1.165) is 28.2 Å². The van der Waals surface area contributed by atoms with Crippen molar-refractivity contribution >= 4 is 21.2 Å². The van der Waals surface area contributed by atoms with Crippen LogP contribution in [0.4, 0.5) is 4.79 Å². The molecule has 1 N–H and O–H groups in total. The molecular weight excluding hydrogens is 516 g/mol. The molecule has 1 amide bonds. The number of ether oxygens (including phenoxy) is 1. The Morgan fingerprint density at radius 1 is 0.973 bits per heavy atom. The quantitative estimate of drug-likeness (QED) is 0.251. The predicted octanol–water partition coefficient (Wildman–Crippen LogP) is 3.91. The standard InChI is InChI=1S/C25H31N3O7P2/c29-25(34-17-24-22-11-5-3-9-20(22)21-10-4-6-12-23(21)24)27-13-7-1-2-8-16-35-37(32,33)19-36(30,31)28-15-14-26-18-28/h3-6,9-12,14-15,18,24H,1-2,7-8,13,16-17,19H2,(H,27,29)(H,30,31)(H,32,33)/p-2. The lowest BCUT2D eigenvalue weighted by Crippen LogP contribution is -2.27. The molecule has 12 heteroatoms. The number of hydrogen-bond acceptors (Lipinski definition) is 8. The van der Waals surface area contributed by atoms with E-state index in [1.165, 1.54) is 23.5 Å². The minimum Gasteiger partial charge on any atom is -0.783 e. The molecule has 1 aliphatic rings. The van der Waals surface area contributed by atoms with Crippen LogP contribution in [0.1, 0.15) is 42.7 Å². The largest absolute Gasteiger partial charge is 0.783 e. The Kier molecular flexibility index (Phi) is 9.00. The number of nitrogens with one attached hydrogen (secondary N) is 1. The van der Waals surface area contributed by atoms with Gasteiger partial charge in [0, 0.05) is 24.9 Å². The smallest absolute Gasteiger partial charge is 0.407 e. The first-order valence-corrected chi connectivity index (χ1v) is 15.6. The van der Waals surface area contributed by atoms with Crippen LogP contribution >= 0.6 is 15.1 Å². The third-order valence-electron chi connectivity index (χ3n) is 6.17. The van der Waals surface area contributed by atoms with Gasteiger partial charge in [0.25, 0.3) is 0 Å². The summed E-state index contributed by atoms with van der Waals surface area (Å²) in [5, 5.41) is 2.75. The molecule has 4 rings (SSSR count). The van der Waals surface area contributed by atoms with Crippen LogP contribution in [0.2, 0.25) is 0 Å². The van der Waals surface area contributed by atoms with E-state index in [0.29, 0.717) is 25.8 Å². The van der Waals surface area contributed by atoms with E-state index in [9.17, 15) is 23.7 Å². The number of alkyl carbamates (subject to hydrolysis) is 1. The molecule has 0 bridgehead atoms. The zero-order valence-corrected chi connectivity index (χ0v) is 22.0. The van der Waals surface area contributed by atoms with Crippen molar-refractivity contribution in [1.29, 1.82) is 0 Å². The fourth-order valence-corrected chi connectivity index (χ4v) is 7.94. The molecule has 0 radical (unpaired) electrons. The number of carbonyl (C=O) groups excluding carboxylic acids is 1. The van der Waals surface area contributed by atoms with Crippen molar-refractivity contribution in [2.45, 2.75) is 31.6 Å². The number of nitrogens with zero attached hydrogens (tertiary/aromatic N) is 2. The molecule has 1 heterocycles. The Labute approximate surface area is 215 Å². The molecule has 0 saturated heterocycles. The van der Waals surface area contributed by atoms with Crippen molar-refractivity contribution in [2.24, 2.45) is 0 Å². The number of carbonyl (C=O) groups is 1. The van der Waals surface area contributed by atoms with Crippen LogP contribution in [0.25, 0.3) is 11.1 Å². The third-order valence-corrected chi connectivity index (χ3v) is 10.5. The lowest BCUT2D eigenvalue weighted by molar-refractivity contribution is -0.200. The summed E-state index contributed by atoms with van der Waals surface area (Å²) < 4.78 is 35.1. The van der Waals surface area contributed by atoms with Gasteiger partial charge in [0.2, 0.25) is 0 Å². The molecule has 1 aromatic heterocycles. The highest BCUT2D eigenvalue weighted by Gasteiger charge is 2.29. The van der Waals surface area contributed by atoms with Crippen LogP contribution in [0.15, 0.2) is 67.3 Å². The Bertz CT molecular complexity index is 1250. The van der Waals surface area contributed by atoms with Crippen LogP contribution < -0.4 is 15.1 Å². The van der Waals surface area contributed by atoms with Crippen molar-refractivity contribution in [1.82, 2.24) is 14.6 Å². The zero-order chi connectivity index (χ0) is 26.3. The summed E-state index contributed by atoms with van der Waals surface area (Å²) in [6.07, 6.45) is 5.53. The van der Waals surface area contributed by atoms with Crippen LogP contribution in [0, 0.1) is 0 Å². The minimum atomic E-state index is -4.54. The average Bonchev–Trinajstić information content (AvgIpc) is 3.51. The van der Waals surface area contributed by atoms with E-state index >= 15 is 0 Å². The van der Waals surface area contributed by atoms with E-state index in [4.69, 9.17) is 9.26 Å². The maximum atomic E-state index is 12.2. The molecule has 0 spiro atoms. The van der Waals surface area contributed by atoms with Gasteiger partial charge in [-0.3, -0.25) is 4.34 Å². The molecule has 1 aliphatic carbocycles. The number of amides is 1. The zero-order valence-electron chi connectivity index (χ0n) is 20.2. The van der Waals surface area contributed by atoms with Crippen LogP contribution in [-0.2, 0) is 18.4 Å². The highest BCUT2D eigenvalue weighted by Crippen LogP contribution is 2.53. The highest BCUT2D eigenvalue weighted by molar-refractivity contribution is 7.70. The van der Waals surface area contributed by atoms with Gasteiger partial charge in [-0.05, 0) is 35.1 Å². The second-order valence-corrected chi connectivity index (χ2v) is 13.2. The number of rotatable bonds is 13. The van der Waals surface area contributed by atoms with Gasteiger partial charge in [0.1, 0.15) is 21.7 Å². The van der Waals surface area contributed by atoms with Crippen LogP contribution in [0.3, 0.4) is 0 Å². The number of fused-ring (bicyclic) bond motifs is 3. The summed E-state index contributed by atoms with van der Waals surface area (Å²) in [6, 6.07) is 16.3. The number of hydrogen-bond donors (Lipinski definition) is 1. The summed E-state index contributed by atoms with van der Waals surface area (Å²) in [6.45, 7) is 0.593. The second-order valence-electron chi connectivity index (χ2n) is 8.83. The topological polar surface area (TPSA) is 146 Å². The number of benzene rings is 2. The van der Waals surface area contributed by atoms with Gasteiger partial charge in [0.05, 0.1) is 18.8 Å². The SMILES string of the molecule is O=C(NCCCCCCOP(=O)([O-])CP(=O)([O-])n1ccnc1)OCC1c2ccccc2-c2ccccc21. The maximum Gasteiger partial charge on any atom is 0.407 e. The van der Waals surface area contributed by atoms with Gasteiger partial charge in [-0.1, -0.05) is 61.4 Å². The molecule has 2 aromatic carbocycles. The molecule has 2 unspecified atom stereocenters. The first-order chi connectivity index (χ1) is 17.8. The molecule has 0 saturated carbocycles. The van der Waals surface area contributed by atoms with Crippen LogP contribution in [0.5, 0.6) is 0 Å². The lowest BCUT2D eigenvalue weighted by atomic mass is 9.98. The van der Waals surface area contributed by atoms with E-state index in [1.807, 2.05) is 24.3 Å². The van der Waals surface area contributed by atoms with Crippen molar-refractivity contribution in [3.8, 4) is 11.1 Å². The molecular formula is C25H29N3O7P2-2. The Morgan fingerprint density at radius 2 is 1.62 bits per heavy atom. The Morgan fingerprint density at radius 3 is 2.27 bits per heavy atom. The molecule has 198 valence electrons. The summed E-state index contributed by atoms with van der Waals surface area (Å²) >= 11 is 0. The third kappa shape index (κ3) is 7.18.